The van der Waals surface area contributed by atoms with E-state index < -0.39 is 28.2 Å². The minimum Gasteiger partial charge on any atom is -0.497 e. The Bertz CT molecular complexity index is 1330. The number of benzene rings is 2. The summed E-state index contributed by atoms with van der Waals surface area (Å²) in [6.07, 6.45) is 2.16. The van der Waals surface area contributed by atoms with E-state index in [2.05, 4.69) is 10.3 Å². The molecule has 2 heterocycles. The van der Waals surface area contributed by atoms with Gasteiger partial charge < -0.3 is 15.0 Å². The molecule has 2 N–H and O–H groups in total. The van der Waals surface area contributed by atoms with Gasteiger partial charge in [0.05, 0.1) is 7.11 Å². The first-order valence-electron chi connectivity index (χ1n) is 11.3. The summed E-state index contributed by atoms with van der Waals surface area (Å²) in [7, 11) is -1.09. The molecule has 11 heteroatoms. The molecule has 1 aromatic heterocycles. The van der Waals surface area contributed by atoms with E-state index in [4.69, 9.17) is 4.74 Å². The zero-order valence-electron chi connectivity index (χ0n) is 19.9. The quantitative estimate of drug-likeness (QED) is 0.481. The number of ether oxygens (including phenoxy) is 1. The average molecular weight is 510 g/mol. The predicted octanol–water partition coefficient (Wildman–Crippen LogP) is 2.27. The number of hydrogen-bond acceptors (Lipinski definition) is 6. The number of pyridine rings is 1. The molecule has 1 aliphatic heterocycles. The molecule has 1 unspecified atom stereocenters. The molecule has 4 rings (SSSR count). The van der Waals surface area contributed by atoms with E-state index in [1.807, 2.05) is 35.1 Å². The van der Waals surface area contributed by atoms with Gasteiger partial charge in [0.2, 0.25) is 5.91 Å². The molecule has 36 heavy (non-hydrogen) atoms. The van der Waals surface area contributed by atoms with Crippen molar-refractivity contribution in [2.75, 3.05) is 29.9 Å². The van der Waals surface area contributed by atoms with Crippen molar-refractivity contribution >= 4 is 33.7 Å². The standard InChI is InChI=1S/C25H27N5O5S/c1-29(20-10-12-21(35-2)13-11-20)24(31)22(17-18-7-4-3-5-8-18)27-25(32)28-36(33,34)30-16-14-19-9-6-15-26-23(19)30/h3-13,15,22H,14,16-17H2,1-2H3,(H2,27,28,32). The first kappa shape index (κ1) is 25.0. The second-order valence-electron chi connectivity index (χ2n) is 8.23. The number of rotatable bonds is 8. The van der Waals surface area contributed by atoms with Crippen molar-refractivity contribution in [1.82, 2.24) is 15.0 Å². The third-order valence-electron chi connectivity index (χ3n) is 5.88. The summed E-state index contributed by atoms with van der Waals surface area (Å²) in [5.41, 5.74) is 2.18. The van der Waals surface area contributed by atoms with Crippen LogP contribution in [0.15, 0.2) is 72.9 Å². The van der Waals surface area contributed by atoms with E-state index in [1.54, 1.807) is 50.6 Å². The fourth-order valence-corrected chi connectivity index (χ4v) is 5.12. The van der Waals surface area contributed by atoms with Gasteiger partial charge >= 0.3 is 16.2 Å². The van der Waals surface area contributed by atoms with Gasteiger partial charge in [-0.1, -0.05) is 36.4 Å². The molecule has 188 valence electrons. The zero-order valence-corrected chi connectivity index (χ0v) is 20.7. The Morgan fingerprint density at radius 3 is 2.50 bits per heavy atom. The summed E-state index contributed by atoms with van der Waals surface area (Å²) >= 11 is 0. The van der Waals surface area contributed by atoms with Crippen molar-refractivity contribution < 1.29 is 22.7 Å². The van der Waals surface area contributed by atoms with E-state index in [-0.39, 0.29) is 18.8 Å². The van der Waals surface area contributed by atoms with Gasteiger partial charge in [-0.2, -0.15) is 8.42 Å². The van der Waals surface area contributed by atoms with Gasteiger partial charge in [0.25, 0.3) is 0 Å². The summed E-state index contributed by atoms with van der Waals surface area (Å²) in [6.45, 7) is 0.168. The number of carbonyl (C=O) groups is 2. The van der Waals surface area contributed by atoms with Crippen LogP contribution < -0.4 is 24.0 Å². The Hall–Kier alpha value is -4.12. The number of nitrogens with zero attached hydrogens (tertiary/aromatic N) is 3. The van der Waals surface area contributed by atoms with Crippen LogP contribution in [-0.2, 0) is 27.8 Å². The fourth-order valence-electron chi connectivity index (χ4n) is 3.99. The normalized spacial score (nSPS) is 13.4. The lowest BCUT2D eigenvalue weighted by molar-refractivity contribution is -0.120. The van der Waals surface area contributed by atoms with Crippen molar-refractivity contribution in [3.05, 3.63) is 84.1 Å². The number of hydrogen-bond donors (Lipinski definition) is 2. The van der Waals surface area contributed by atoms with E-state index in [9.17, 15) is 18.0 Å². The molecule has 3 aromatic rings. The SMILES string of the molecule is COc1ccc(N(C)C(=O)C(Cc2ccccc2)NC(=O)NS(=O)(=O)N2CCc3cccnc32)cc1. The highest BCUT2D eigenvalue weighted by Crippen LogP contribution is 2.26. The molecule has 0 aliphatic carbocycles. The van der Waals surface area contributed by atoms with Crippen LogP contribution >= 0.6 is 0 Å². The van der Waals surface area contributed by atoms with Crippen molar-refractivity contribution in [2.45, 2.75) is 18.9 Å². The maximum atomic E-state index is 13.4. The van der Waals surface area contributed by atoms with Gasteiger partial charge in [0.15, 0.2) is 0 Å². The van der Waals surface area contributed by atoms with Crippen LogP contribution in [0.25, 0.3) is 0 Å². The molecule has 0 radical (unpaired) electrons. The predicted molar refractivity (Wildman–Crippen MR) is 136 cm³/mol. The first-order chi connectivity index (χ1) is 17.3. The number of anilines is 2. The number of methoxy groups -OCH3 is 1. The number of urea groups is 1. The molecule has 10 nitrogen and oxygen atoms in total. The molecule has 0 fully saturated rings. The van der Waals surface area contributed by atoms with E-state index >= 15 is 0 Å². The van der Waals surface area contributed by atoms with Gasteiger partial charge in [-0.25, -0.2) is 18.8 Å². The maximum absolute atomic E-state index is 13.4. The summed E-state index contributed by atoms with van der Waals surface area (Å²) in [5.74, 6) is 0.514. The Morgan fingerprint density at radius 1 is 1.08 bits per heavy atom. The zero-order chi connectivity index (χ0) is 25.7. The highest BCUT2D eigenvalue weighted by Gasteiger charge is 2.33. The van der Waals surface area contributed by atoms with E-state index in [0.717, 1.165) is 15.4 Å². The number of carbonyl (C=O) groups excluding carboxylic acids is 2. The molecular weight excluding hydrogens is 482 g/mol. The second kappa shape index (κ2) is 10.6. The minimum absolute atomic E-state index is 0.168. The summed E-state index contributed by atoms with van der Waals surface area (Å²) < 4.78 is 34.1. The molecule has 2 aromatic carbocycles. The van der Waals surface area contributed by atoms with Crippen LogP contribution in [0.2, 0.25) is 0 Å². The Morgan fingerprint density at radius 2 is 1.81 bits per heavy atom. The lowest BCUT2D eigenvalue weighted by Gasteiger charge is -2.26. The Balaban J connectivity index is 1.51. The molecule has 0 saturated heterocycles. The number of fused-ring (bicyclic) bond motifs is 1. The molecule has 1 aliphatic rings. The molecule has 0 saturated carbocycles. The third-order valence-corrected chi connectivity index (χ3v) is 7.26. The van der Waals surface area contributed by atoms with Gasteiger partial charge in [0.1, 0.15) is 17.6 Å². The average Bonchev–Trinajstić information content (AvgIpc) is 3.33. The largest absolute Gasteiger partial charge is 0.497 e. The highest BCUT2D eigenvalue weighted by molar-refractivity contribution is 7.91. The van der Waals surface area contributed by atoms with Crippen LogP contribution in [0.3, 0.4) is 0 Å². The molecular formula is C25H27N5O5S. The number of nitrogens with one attached hydrogen (secondary N) is 2. The van der Waals surface area contributed by atoms with E-state index in [1.165, 1.54) is 11.1 Å². The van der Waals surface area contributed by atoms with Crippen LogP contribution in [-0.4, -0.2) is 52.1 Å². The van der Waals surface area contributed by atoms with Crippen LogP contribution in [0.5, 0.6) is 5.75 Å². The maximum Gasteiger partial charge on any atom is 0.330 e. The second-order valence-corrected chi connectivity index (χ2v) is 9.82. The number of aromatic nitrogens is 1. The van der Waals surface area contributed by atoms with E-state index in [0.29, 0.717) is 17.9 Å². The van der Waals surface area contributed by atoms with Crippen molar-refractivity contribution in [3.8, 4) is 5.75 Å². The molecule has 3 amide bonds. The monoisotopic (exact) mass is 509 g/mol. The summed E-state index contributed by atoms with van der Waals surface area (Å²) in [5, 5.41) is 2.55. The lowest BCUT2D eigenvalue weighted by Crippen LogP contribution is -2.54. The van der Waals surface area contributed by atoms with Crippen molar-refractivity contribution in [1.29, 1.82) is 0 Å². The third kappa shape index (κ3) is 5.57. The highest BCUT2D eigenvalue weighted by atomic mass is 32.2. The molecule has 1 atom stereocenters. The number of likely N-dealkylation sites (N-methyl/N-ethyl adjacent to an activating group) is 1. The molecule has 0 spiro atoms. The Kier molecular flexibility index (Phi) is 7.39. The van der Waals surface area contributed by atoms with Crippen LogP contribution in [0, 0.1) is 0 Å². The van der Waals surface area contributed by atoms with Crippen molar-refractivity contribution in [2.24, 2.45) is 0 Å². The fraction of sp³-hybridized carbons (Fsp3) is 0.240. The van der Waals surface area contributed by atoms with Gasteiger partial charge in [-0.15, -0.1) is 0 Å². The number of amides is 3. The molecule has 0 bridgehead atoms. The van der Waals surface area contributed by atoms with Crippen LogP contribution in [0.1, 0.15) is 11.1 Å². The smallest absolute Gasteiger partial charge is 0.330 e. The summed E-state index contributed by atoms with van der Waals surface area (Å²) in [4.78, 5) is 31.8. The Labute approximate surface area is 210 Å². The minimum atomic E-state index is -4.23. The van der Waals surface area contributed by atoms with Gasteiger partial charge in [-0.3, -0.25) is 4.79 Å². The van der Waals surface area contributed by atoms with Crippen LogP contribution in [0.4, 0.5) is 16.3 Å². The topological polar surface area (TPSA) is 121 Å². The van der Waals surface area contributed by atoms with Gasteiger partial charge in [-0.05, 0) is 47.9 Å². The first-order valence-corrected chi connectivity index (χ1v) is 12.7. The van der Waals surface area contributed by atoms with Crippen molar-refractivity contribution in [3.63, 3.8) is 0 Å². The summed E-state index contributed by atoms with van der Waals surface area (Å²) in [6, 6.07) is 17.5. The lowest BCUT2D eigenvalue weighted by atomic mass is 10.0. The van der Waals surface area contributed by atoms with Gasteiger partial charge in [0, 0.05) is 31.9 Å².